The summed E-state index contributed by atoms with van der Waals surface area (Å²) < 4.78 is 0. The zero-order valence-corrected chi connectivity index (χ0v) is 14.8. The van der Waals surface area contributed by atoms with Gasteiger partial charge in [-0.1, -0.05) is 18.5 Å². The highest BCUT2D eigenvalue weighted by Crippen LogP contribution is 2.24. The number of hydrogen-bond donors (Lipinski definition) is 1. The summed E-state index contributed by atoms with van der Waals surface area (Å²) in [6.07, 6.45) is 5.63. The predicted molar refractivity (Wildman–Crippen MR) is 98.0 cm³/mol. The van der Waals surface area contributed by atoms with Crippen molar-refractivity contribution in [1.29, 1.82) is 0 Å². The molecule has 0 spiro atoms. The van der Waals surface area contributed by atoms with Gasteiger partial charge < -0.3 is 10.2 Å². The number of carbonyl (C=O) groups excluding carboxylic acids is 1. The minimum absolute atomic E-state index is 0.0607. The van der Waals surface area contributed by atoms with Gasteiger partial charge in [-0.15, -0.1) is 0 Å². The first-order valence-corrected chi connectivity index (χ1v) is 8.68. The predicted octanol–water partition coefficient (Wildman–Crippen LogP) is 4.66. The fourth-order valence-electron chi connectivity index (χ4n) is 3.10. The van der Waals surface area contributed by atoms with Gasteiger partial charge >= 0.3 is 0 Å². The summed E-state index contributed by atoms with van der Waals surface area (Å²) in [5.41, 5.74) is 3.43. The van der Waals surface area contributed by atoms with Gasteiger partial charge in [-0.25, -0.2) is 0 Å². The summed E-state index contributed by atoms with van der Waals surface area (Å²) in [4.78, 5) is 18.9. The number of aryl methyl sites for hydroxylation is 1. The molecule has 1 amide bonds. The second-order valence-electron chi connectivity index (χ2n) is 6.55. The molecule has 5 heteroatoms. The molecule has 0 saturated carbocycles. The molecule has 0 radical (unpaired) electrons. The lowest BCUT2D eigenvalue weighted by Crippen LogP contribution is -2.39. The first-order valence-electron chi connectivity index (χ1n) is 8.30. The third-order valence-corrected chi connectivity index (χ3v) is 4.63. The number of nitrogens with one attached hydrogen (secondary N) is 1. The second-order valence-corrected chi connectivity index (χ2v) is 6.98. The molecule has 2 heterocycles. The van der Waals surface area contributed by atoms with Crippen molar-refractivity contribution >= 4 is 28.9 Å². The number of aromatic nitrogens is 1. The van der Waals surface area contributed by atoms with Crippen LogP contribution in [0.5, 0.6) is 0 Å². The second kappa shape index (κ2) is 7.22. The molecule has 1 aromatic carbocycles. The van der Waals surface area contributed by atoms with Crippen molar-refractivity contribution in [3.05, 3.63) is 52.8 Å². The lowest BCUT2D eigenvalue weighted by molar-refractivity contribution is 0.0682. The molecule has 0 bridgehead atoms. The van der Waals surface area contributed by atoms with Gasteiger partial charge in [0.15, 0.2) is 0 Å². The summed E-state index contributed by atoms with van der Waals surface area (Å²) in [7, 11) is 0. The smallest absolute Gasteiger partial charge is 0.255 e. The Kier molecular flexibility index (Phi) is 5.05. The number of pyridine rings is 1. The molecule has 1 N–H and O–H groups in total. The summed E-state index contributed by atoms with van der Waals surface area (Å²) in [5.74, 6) is 0.624. The number of nitrogens with zero attached hydrogens (tertiary/aromatic N) is 2. The number of likely N-dealkylation sites (tertiary alicyclic amines) is 1. The zero-order chi connectivity index (χ0) is 17.1. The topological polar surface area (TPSA) is 45.2 Å². The lowest BCUT2D eigenvalue weighted by Gasteiger charge is -2.31. The van der Waals surface area contributed by atoms with E-state index in [4.69, 9.17) is 11.6 Å². The van der Waals surface area contributed by atoms with Crippen LogP contribution < -0.4 is 5.32 Å². The van der Waals surface area contributed by atoms with Crippen molar-refractivity contribution in [2.45, 2.75) is 26.7 Å². The third-order valence-electron chi connectivity index (χ3n) is 4.40. The molecular formula is C19H22ClN3O. The molecule has 1 aromatic heterocycles. The fourth-order valence-corrected chi connectivity index (χ4v) is 3.33. The Labute approximate surface area is 147 Å². The normalized spacial score (nSPS) is 17.6. The Morgan fingerprint density at radius 1 is 1.33 bits per heavy atom. The maximum atomic E-state index is 12.7. The molecule has 4 nitrogen and oxygen atoms in total. The molecule has 126 valence electrons. The number of halogens is 1. The highest BCUT2D eigenvalue weighted by molar-refractivity contribution is 6.30. The highest BCUT2D eigenvalue weighted by Gasteiger charge is 2.22. The van der Waals surface area contributed by atoms with Crippen LogP contribution in [0.3, 0.4) is 0 Å². The molecular weight excluding hydrogens is 322 g/mol. The van der Waals surface area contributed by atoms with E-state index >= 15 is 0 Å². The highest BCUT2D eigenvalue weighted by atomic mass is 35.5. The molecule has 24 heavy (non-hydrogen) atoms. The fraction of sp³-hybridized carbons (Fsp3) is 0.368. The Hall–Kier alpha value is -2.07. The molecule has 2 aromatic rings. The van der Waals surface area contributed by atoms with E-state index in [9.17, 15) is 4.79 Å². The van der Waals surface area contributed by atoms with Crippen molar-refractivity contribution in [1.82, 2.24) is 9.88 Å². The van der Waals surface area contributed by atoms with Crippen LogP contribution in [-0.4, -0.2) is 28.9 Å². The summed E-state index contributed by atoms with van der Waals surface area (Å²) in [6, 6.07) is 7.54. The van der Waals surface area contributed by atoms with Crippen LogP contribution in [0.15, 0.2) is 36.7 Å². The lowest BCUT2D eigenvalue weighted by atomic mass is 10.00. The summed E-state index contributed by atoms with van der Waals surface area (Å²) in [5, 5.41) is 4.02. The average Bonchev–Trinajstić information content (AvgIpc) is 2.57. The number of amides is 1. The van der Waals surface area contributed by atoms with Crippen molar-refractivity contribution in [2.75, 3.05) is 18.4 Å². The minimum Gasteiger partial charge on any atom is -0.354 e. The van der Waals surface area contributed by atoms with Gasteiger partial charge in [0.25, 0.3) is 5.91 Å². The maximum Gasteiger partial charge on any atom is 0.255 e. The monoisotopic (exact) mass is 343 g/mol. The third kappa shape index (κ3) is 3.88. The van der Waals surface area contributed by atoms with Gasteiger partial charge in [-0.3, -0.25) is 9.78 Å². The van der Waals surface area contributed by atoms with Crippen LogP contribution in [0, 0.1) is 12.8 Å². The Bertz CT molecular complexity index is 747. The first kappa shape index (κ1) is 16.8. The Morgan fingerprint density at radius 2 is 2.17 bits per heavy atom. The first-order chi connectivity index (χ1) is 11.5. The van der Waals surface area contributed by atoms with Crippen LogP contribution in [0.2, 0.25) is 5.02 Å². The van der Waals surface area contributed by atoms with Gasteiger partial charge in [-0.05, 0) is 55.5 Å². The summed E-state index contributed by atoms with van der Waals surface area (Å²) in [6.45, 7) is 5.84. The number of carbonyl (C=O) groups is 1. The van der Waals surface area contributed by atoms with Crippen LogP contribution >= 0.6 is 11.6 Å². The number of anilines is 2. The zero-order valence-electron chi connectivity index (χ0n) is 14.1. The van der Waals surface area contributed by atoms with E-state index < -0.39 is 0 Å². The van der Waals surface area contributed by atoms with E-state index in [1.54, 1.807) is 12.4 Å². The molecule has 1 saturated heterocycles. The summed E-state index contributed by atoms with van der Waals surface area (Å²) >= 11 is 5.99. The molecule has 1 unspecified atom stereocenters. The van der Waals surface area contributed by atoms with Gasteiger partial charge in [0.05, 0.1) is 17.4 Å². The van der Waals surface area contributed by atoms with Crippen molar-refractivity contribution < 1.29 is 4.79 Å². The van der Waals surface area contributed by atoms with E-state index in [0.29, 0.717) is 16.5 Å². The van der Waals surface area contributed by atoms with Crippen molar-refractivity contribution in [2.24, 2.45) is 5.92 Å². The quantitative estimate of drug-likeness (QED) is 0.881. The van der Waals surface area contributed by atoms with Gasteiger partial charge in [0.1, 0.15) is 0 Å². The standard InChI is InChI=1S/C19H22ClN3O/c1-13-4-3-7-23(12-13)19(24)15-9-17(11-21-10-15)22-18-6-5-16(20)8-14(18)2/h5-6,8-11,13,22H,3-4,7,12H2,1-2H3. The molecule has 1 fully saturated rings. The molecule has 1 atom stereocenters. The van der Waals surface area contributed by atoms with Crippen molar-refractivity contribution in [3.63, 3.8) is 0 Å². The van der Waals surface area contributed by atoms with E-state index in [1.807, 2.05) is 36.1 Å². The van der Waals surface area contributed by atoms with Crippen LogP contribution in [-0.2, 0) is 0 Å². The minimum atomic E-state index is 0.0607. The van der Waals surface area contributed by atoms with Gasteiger partial charge in [-0.2, -0.15) is 0 Å². The molecule has 0 aliphatic carbocycles. The molecule has 1 aliphatic rings. The largest absolute Gasteiger partial charge is 0.354 e. The van der Waals surface area contributed by atoms with E-state index in [2.05, 4.69) is 17.2 Å². The van der Waals surface area contributed by atoms with E-state index in [0.717, 1.165) is 36.4 Å². The van der Waals surface area contributed by atoms with Crippen LogP contribution in [0.1, 0.15) is 35.7 Å². The number of piperidine rings is 1. The van der Waals surface area contributed by atoms with E-state index in [1.165, 1.54) is 6.42 Å². The number of rotatable bonds is 3. The van der Waals surface area contributed by atoms with Gasteiger partial charge in [0, 0.05) is 30.0 Å². The van der Waals surface area contributed by atoms with Gasteiger partial charge in [0.2, 0.25) is 0 Å². The Balaban J connectivity index is 1.77. The maximum absolute atomic E-state index is 12.7. The Morgan fingerprint density at radius 3 is 2.92 bits per heavy atom. The van der Waals surface area contributed by atoms with Crippen LogP contribution in [0.4, 0.5) is 11.4 Å². The molecule has 3 rings (SSSR count). The number of hydrogen-bond acceptors (Lipinski definition) is 3. The SMILES string of the molecule is Cc1cc(Cl)ccc1Nc1cncc(C(=O)N2CCCC(C)C2)c1. The van der Waals surface area contributed by atoms with Crippen LogP contribution in [0.25, 0.3) is 0 Å². The van der Waals surface area contributed by atoms with Crippen molar-refractivity contribution in [3.8, 4) is 0 Å². The molecule has 1 aliphatic heterocycles. The van der Waals surface area contributed by atoms with E-state index in [-0.39, 0.29) is 5.91 Å². The average molecular weight is 344 g/mol. The number of benzene rings is 1.